The number of ether oxygens (including phenoxy) is 2. The van der Waals surface area contributed by atoms with Crippen molar-refractivity contribution < 1.29 is 22.7 Å². The van der Waals surface area contributed by atoms with Crippen molar-refractivity contribution >= 4 is 59.9 Å². The number of carbonyl (C=O) groups excluding carboxylic acids is 1. The molecule has 2 aromatic carbocycles. The van der Waals surface area contributed by atoms with Gasteiger partial charge in [0.15, 0.2) is 5.84 Å². The van der Waals surface area contributed by atoms with E-state index in [1.165, 1.54) is 0 Å². The maximum atomic E-state index is 12.8. The van der Waals surface area contributed by atoms with E-state index in [0.29, 0.717) is 13.2 Å². The zero-order chi connectivity index (χ0) is 25.4. The molecule has 10 nitrogen and oxygen atoms in total. The number of rotatable bonds is 6. The van der Waals surface area contributed by atoms with Crippen molar-refractivity contribution in [3.05, 3.63) is 65.9 Å². The van der Waals surface area contributed by atoms with Crippen LogP contribution in [-0.4, -0.2) is 59.3 Å². The summed E-state index contributed by atoms with van der Waals surface area (Å²) >= 11 is 0.757. The first-order valence-corrected chi connectivity index (χ1v) is 13.5. The number of benzene rings is 2. The summed E-state index contributed by atoms with van der Waals surface area (Å²) < 4.78 is 36.6. The molecule has 0 aliphatic carbocycles. The van der Waals surface area contributed by atoms with Crippen LogP contribution in [0.15, 0.2) is 70.4 Å². The van der Waals surface area contributed by atoms with Gasteiger partial charge in [-0.15, -0.1) is 5.10 Å². The predicted octanol–water partition coefficient (Wildman–Crippen LogP) is 3.35. The van der Waals surface area contributed by atoms with Crippen LogP contribution in [0.5, 0.6) is 11.5 Å². The number of hydrogen-bond acceptors (Lipinski definition) is 8. The van der Waals surface area contributed by atoms with Crippen molar-refractivity contribution in [2.45, 2.75) is 6.54 Å². The number of methoxy groups -OCH3 is 1. The first kappa shape index (κ1) is 23.8. The lowest BCUT2D eigenvalue weighted by atomic mass is 10.1. The van der Waals surface area contributed by atoms with Crippen LogP contribution in [0.1, 0.15) is 5.56 Å². The van der Waals surface area contributed by atoms with Gasteiger partial charge in [-0.25, -0.2) is 8.42 Å². The normalized spacial score (nSPS) is 16.8. The number of carbonyl (C=O) groups is 1. The number of hydrogen-bond donors (Lipinski definition) is 1. The zero-order valence-electron chi connectivity index (χ0n) is 19.3. The summed E-state index contributed by atoms with van der Waals surface area (Å²) in [6.07, 6.45) is 4.50. The van der Waals surface area contributed by atoms with Gasteiger partial charge < -0.3 is 14.0 Å². The summed E-state index contributed by atoms with van der Waals surface area (Å²) in [5, 5.41) is 14.5. The van der Waals surface area contributed by atoms with Crippen molar-refractivity contribution in [1.82, 2.24) is 9.58 Å². The second-order valence-corrected chi connectivity index (χ2v) is 11.1. The molecule has 0 spiro atoms. The summed E-state index contributed by atoms with van der Waals surface area (Å²) in [6.45, 7) is 0.964. The Kier molecular flexibility index (Phi) is 6.14. The first-order valence-electron chi connectivity index (χ1n) is 10.8. The number of para-hydroxylation sites is 1. The van der Waals surface area contributed by atoms with Crippen molar-refractivity contribution in [1.29, 1.82) is 5.41 Å². The third-order valence-corrected chi connectivity index (χ3v) is 8.11. The molecule has 0 atom stereocenters. The molecule has 0 saturated carbocycles. The average Bonchev–Trinajstić information content (AvgIpc) is 3.44. The van der Waals surface area contributed by atoms with Crippen LogP contribution in [0.3, 0.4) is 0 Å². The minimum atomic E-state index is -3.59. The maximum Gasteiger partial charge on any atom is 0.283 e. The van der Waals surface area contributed by atoms with Crippen LogP contribution in [0.4, 0.5) is 0 Å². The second kappa shape index (κ2) is 9.28. The number of thioether (sulfide) groups is 1. The van der Waals surface area contributed by atoms with E-state index in [4.69, 9.17) is 14.9 Å². The lowest BCUT2D eigenvalue weighted by molar-refractivity contribution is -0.114. The largest absolute Gasteiger partial charge is 0.497 e. The molecule has 5 rings (SSSR count). The topological polar surface area (TPSA) is 126 Å². The molecule has 1 amide bonds. The van der Waals surface area contributed by atoms with Crippen LogP contribution < -0.4 is 9.47 Å². The van der Waals surface area contributed by atoms with Crippen LogP contribution in [-0.2, 0) is 21.2 Å². The Morgan fingerprint density at radius 2 is 1.83 bits per heavy atom. The number of aliphatic imine (C=N–C) groups is 1. The summed E-state index contributed by atoms with van der Waals surface area (Å²) in [5.74, 6) is 0.627. The average molecular weight is 524 g/mol. The van der Waals surface area contributed by atoms with Crippen molar-refractivity contribution in [3.63, 3.8) is 0 Å². The first-order chi connectivity index (χ1) is 17.2. The number of nitrogens with one attached hydrogen (secondary N) is 1. The van der Waals surface area contributed by atoms with E-state index >= 15 is 0 Å². The Bertz CT molecular complexity index is 1590. The molecule has 3 aromatic rings. The van der Waals surface area contributed by atoms with Crippen LogP contribution in [0.2, 0.25) is 0 Å². The second-order valence-electron chi connectivity index (χ2n) is 7.98. The van der Waals surface area contributed by atoms with E-state index in [9.17, 15) is 13.2 Å². The Morgan fingerprint density at radius 1 is 1.11 bits per heavy atom. The molecule has 0 fully saturated rings. The Balaban J connectivity index is 1.41. The Hall–Kier alpha value is -3.90. The third kappa shape index (κ3) is 4.52. The lowest BCUT2D eigenvalue weighted by Crippen LogP contribution is -2.35. The van der Waals surface area contributed by atoms with Gasteiger partial charge in [0.25, 0.3) is 5.91 Å². The van der Waals surface area contributed by atoms with Gasteiger partial charge in [-0.05, 0) is 48.2 Å². The summed E-state index contributed by atoms with van der Waals surface area (Å²) in [7, 11) is -1.99. The molecule has 0 saturated heterocycles. The SMILES string of the molecule is COc1ccc(OCCn2cc(/C=C3/C(=N)N4N=C(S(C)(=O)=O)SC4=NC3=O)c3ccccc32)cc1. The van der Waals surface area contributed by atoms with E-state index in [1.807, 2.05) is 59.3 Å². The molecule has 1 aromatic heterocycles. The van der Waals surface area contributed by atoms with Crippen LogP contribution in [0.25, 0.3) is 17.0 Å². The molecule has 12 heteroatoms. The molecule has 0 unspecified atom stereocenters. The number of aromatic nitrogens is 1. The fourth-order valence-corrected chi connectivity index (χ4v) is 5.47. The molecule has 2 aliphatic rings. The number of sulfone groups is 1. The van der Waals surface area contributed by atoms with Gasteiger partial charge in [0.2, 0.25) is 19.4 Å². The molecule has 1 N–H and O–H groups in total. The molecule has 2 aliphatic heterocycles. The van der Waals surface area contributed by atoms with E-state index in [0.717, 1.165) is 51.0 Å². The zero-order valence-corrected chi connectivity index (χ0v) is 21.0. The summed E-state index contributed by atoms with van der Waals surface area (Å²) in [5.41, 5.74) is 1.69. The highest BCUT2D eigenvalue weighted by Gasteiger charge is 2.38. The summed E-state index contributed by atoms with van der Waals surface area (Å²) in [4.78, 5) is 16.7. The van der Waals surface area contributed by atoms with E-state index in [-0.39, 0.29) is 21.0 Å². The molecule has 184 valence electrons. The standard InChI is InChI=1S/C24H21N5O5S2/c1-33-16-7-9-17(10-8-16)34-12-11-28-14-15(18-5-3-4-6-20(18)28)13-19-21(25)29-23(26-22(19)30)35-24(27-29)36(2,31)32/h3-10,13-14,25H,11-12H2,1-2H3/b19-13-,25-21?. The third-order valence-electron chi connectivity index (χ3n) is 5.53. The Labute approximate surface area is 211 Å². The van der Waals surface area contributed by atoms with Crippen molar-refractivity contribution in [2.75, 3.05) is 20.0 Å². The maximum absolute atomic E-state index is 12.8. The number of fused-ring (bicyclic) bond motifs is 2. The lowest BCUT2D eigenvalue weighted by Gasteiger charge is -2.19. The molecular weight excluding hydrogens is 502 g/mol. The van der Waals surface area contributed by atoms with E-state index < -0.39 is 15.7 Å². The molecular formula is C24H21N5O5S2. The van der Waals surface area contributed by atoms with Crippen LogP contribution in [0, 0.1) is 5.41 Å². The molecule has 0 radical (unpaired) electrons. The van der Waals surface area contributed by atoms with Gasteiger partial charge in [0.05, 0.1) is 19.2 Å². The van der Waals surface area contributed by atoms with E-state index in [2.05, 4.69) is 10.1 Å². The van der Waals surface area contributed by atoms with Crippen molar-refractivity contribution in [2.24, 2.45) is 10.1 Å². The summed E-state index contributed by atoms with van der Waals surface area (Å²) in [6, 6.07) is 15.1. The van der Waals surface area contributed by atoms with Gasteiger partial charge in [-0.1, -0.05) is 18.2 Å². The molecule has 36 heavy (non-hydrogen) atoms. The van der Waals surface area contributed by atoms with E-state index in [1.54, 1.807) is 13.2 Å². The fourth-order valence-electron chi connectivity index (χ4n) is 3.79. The molecule has 0 bridgehead atoms. The predicted molar refractivity (Wildman–Crippen MR) is 140 cm³/mol. The number of hydrazone groups is 1. The number of nitrogens with zero attached hydrogens (tertiary/aromatic N) is 4. The number of amides is 1. The Morgan fingerprint density at radius 3 is 2.56 bits per heavy atom. The fraction of sp³-hybridized carbons (Fsp3) is 0.167. The highest BCUT2D eigenvalue weighted by atomic mass is 32.3. The van der Waals surface area contributed by atoms with Gasteiger partial charge in [-0.3, -0.25) is 10.2 Å². The van der Waals surface area contributed by atoms with Crippen LogP contribution >= 0.6 is 11.8 Å². The van der Waals surface area contributed by atoms with Crippen molar-refractivity contribution in [3.8, 4) is 11.5 Å². The quantitative estimate of drug-likeness (QED) is 0.491. The minimum absolute atomic E-state index is 0.0234. The van der Waals surface area contributed by atoms with Gasteiger partial charge in [-0.2, -0.15) is 10.0 Å². The van der Waals surface area contributed by atoms with Gasteiger partial charge in [0.1, 0.15) is 18.1 Å². The smallest absolute Gasteiger partial charge is 0.283 e. The van der Waals surface area contributed by atoms with Gasteiger partial charge >= 0.3 is 0 Å². The van der Waals surface area contributed by atoms with Gasteiger partial charge in [0, 0.05) is 28.9 Å². The monoisotopic (exact) mass is 523 g/mol. The highest BCUT2D eigenvalue weighted by molar-refractivity contribution is 8.42. The highest BCUT2D eigenvalue weighted by Crippen LogP contribution is 2.31. The number of amidine groups is 2. The minimum Gasteiger partial charge on any atom is -0.497 e. The molecule has 3 heterocycles.